The summed E-state index contributed by atoms with van der Waals surface area (Å²) in [5.74, 6) is -1.24. The molecule has 5 heteroatoms. The van der Waals surface area contributed by atoms with Gasteiger partial charge in [0.15, 0.2) is 0 Å². The third kappa shape index (κ3) is 5.93. The zero-order valence-electron chi connectivity index (χ0n) is 9.83. The molecule has 0 aromatic heterocycles. The van der Waals surface area contributed by atoms with E-state index in [0.29, 0.717) is 0 Å². The van der Waals surface area contributed by atoms with Crippen LogP contribution in [-0.4, -0.2) is 28.8 Å². The molecule has 0 aliphatic heterocycles. The molecular formula is C10H19NO4. The van der Waals surface area contributed by atoms with Gasteiger partial charge in [-0.05, 0) is 26.7 Å². The zero-order valence-corrected chi connectivity index (χ0v) is 9.83. The Balaban J connectivity index is 4.31. The van der Waals surface area contributed by atoms with Crippen LogP contribution in [0.25, 0.3) is 0 Å². The first-order valence-corrected chi connectivity index (χ1v) is 4.86. The van der Waals surface area contributed by atoms with E-state index in [1.54, 1.807) is 34.6 Å². The lowest BCUT2D eigenvalue weighted by Crippen LogP contribution is -2.46. The molecule has 1 amide bonds. The van der Waals surface area contributed by atoms with Crippen LogP contribution in [0.2, 0.25) is 0 Å². The van der Waals surface area contributed by atoms with Crippen molar-refractivity contribution in [2.75, 3.05) is 0 Å². The summed E-state index contributed by atoms with van der Waals surface area (Å²) in [5, 5.41) is 11.1. The van der Waals surface area contributed by atoms with E-state index in [4.69, 9.17) is 9.84 Å². The van der Waals surface area contributed by atoms with Crippen LogP contribution >= 0.6 is 0 Å². The van der Waals surface area contributed by atoms with E-state index in [2.05, 4.69) is 5.32 Å². The second-order valence-corrected chi connectivity index (χ2v) is 4.71. The second-order valence-electron chi connectivity index (χ2n) is 4.71. The monoisotopic (exact) mass is 218 g/mol. The molecule has 88 valence electrons. The largest absolute Gasteiger partial charge is 0.480 e. The Bertz CT molecular complexity index is 242. The van der Waals surface area contributed by atoms with Crippen molar-refractivity contribution in [1.82, 2.24) is 5.32 Å². The van der Waals surface area contributed by atoms with Crippen LogP contribution in [0.4, 0.5) is 4.79 Å². The zero-order chi connectivity index (χ0) is 12.2. The Morgan fingerprint density at radius 2 is 1.73 bits per heavy atom. The van der Waals surface area contributed by atoms with E-state index in [0.717, 1.165) is 0 Å². The van der Waals surface area contributed by atoms with E-state index in [-0.39, 0.29) is 5.92 Å². The topological polar surface area (TPSA) is 75.6 Å². The van der Waals surface area contributed by atoms with Crippen molar-refractivity contribution in [3.05, 3.63) is 0 Å². The minimum Gasteiger partial charge on any atom is -0.480 e. The Morgan fingerprint density at radius 1 is 1.27 bits per heavy atom. The number of carboxylic acids is 1. The number of carbonyl (C=O) groups is 2. The van der Waals surface area contributed by atoms with Crippen LogP contribution in [0, 0.1) is 5.92 Å². The fourth-order valence-corrected chi connectivity index (χ4v) is 0.948. The van der Waals surface area contributed by atoms with E-state index in [1.165, 1.54) is 0 Å². The lowest BCUT2D eigenvalue weighted by atomic mass is 10.1. The number of amides is 1. The number of hydrogen-bond acceptors (Lipinski definition) is 3. The summed E-state index contributed by atoms with van der Waals surface area (Å²) in [6, 6.07) is -0.917. The van der Waals surface area contributed by atoms with Crippen LogP contribution in [0.1, 0.15) is 34.6 Å². The maximum atomic E-state index is 11.3. The van der Waals surface area contributed by atoms with Gasteiger partial charge in [0.05, 0.1) is 0 Å². The smallest absolute Gasteiger partial charge is 0.408 e. The third-order valence-electron chi connectivity index (χ3n) is 1.60. The van der Waals surface area contributed by atoms with E-state index in [1.807, 2.05) is 0 Å². The molecule has 5 nitrogen and oxygen atoms in total. The van der Waals surface area contributed by atoms with Crippen molar-refractivity contribution in [3.8, 4) is 0 Å². The predicted octanol–water partition coefficient (Wildman–Crippen LogP) is 1.62. The molecule has 0 fully saturated rings. The van der Waals surface area contributed by atoms with Gasteiger partial charge in [-0.1, -0.05) is 13.8 Å². The molecular weight excluding hydrogens is 199 g/mol. The number of hydrogen-bond donors (Lipinski definition) is 2. The molecule has 0 aliphatic carbocycles. The van der Waals surface area contributed by atoms with E-state index < -0.39 is 23.7 Å². The SMILES string of the molecule is CC(C)[C@H](NC(=O)OC(C)(C)C)[13C](=O)O. The summed E-state index contributed by atoms with van der Waals surface area (Å²) in [7, 11) is 0. The van der Waals surface area contributed by atoms with Crippen LogP contribution < -0.4 is 5.32 Å². The molecule has 0 heterocycles. The molecule has 0 aromatic rings. The Morgan fingerprint density at radius 3 is 2.00 bits per heavy atom. The van der Waals surface area contributed by atoms with Gasteiger partial charge in [-0.15, -0.1) is 0 Å². The maximum absolute atomic E-state index is 11.3. The molecule has 0 saturated carbocycles. The summed E-state index contributed by atoms with van der Waals surface area (Å²) >= 11 is 0. The van der Waals surface area contributed by atoms with Gasteiger partial charge in [-0.3, -0.25) is 0 Å². The van der Waals surface area contributed by atoms with Gasteiger partial charge >= 0.3 is 12.1 Å². The lowest BCUT2D eigenvalue weighted by Gasteiger charge is -2.23. The molecule has 0 aliphatic rings. The van der Waals surface area contributed by atoms with Crippen molar-refractivity contribution in [3.63, 3.8) is 0 Å². The highest BCUT2D eigenvalue weighted by molar-refractivity contribution is 5.80. The third-order valence-corrected chi connectivity index (χ3v) is 1.60. The lowest BCUT2D eigenvalue weighted by molar-refractivity contribution is -0.140. The van der Waals surface area contributed by atoms with Crippen molar-refractivity contribution in [1.29, 1.82) is 0 Å². The number of rotatable bonds is 3. The minimum absolute atomic E-state index is 0.185. The number of carbonyl (C=O) groups excluding carboxylic acids is 1. The van der Waals surface area contributed by atoms with Crippen molar-refractivity contribution >= 4 is 12.1 Å². The molecule has 0 spiro atoms. The normalized spacial score (nSPS) is 13.5. The number of ether oxygens (including phenoxy) is 1. The summed E-state index contributed by atoms with van der Waals surface area (Å²) < 4.78 is 4.96. The van der Waals surface area contributed by atoms with Crippen molar-refractivity contribution in [2.24, 2.45) is 5.92 Å². The van der Waals surface area contributed by atoms with Gasteiger partial charge in [0, 0.05) is 0 Å². The van der Waals surface area contributed by atoms with Gasteiger partial charge in [0.2, 0.25) is 0 Å². The molecule has 15 heavy (non-hydrogen) atoms. The first-order chi connectivity index (χ1) is 6.63. The van der Waals surface area contributed by atoms with Crippen LogP contribution in [-0.2, 0) is 9.53 Å². The predicted molar refractivity (Wildman–Crippen MR) is 55.6 cm³/mol. The molecule has 1 atom stereocenters. The van der Waals surface area contributed by atoms with Crippen LogP contribution in [0.3, 0.4) is 0 Å². The number of aliphatic carboxylic acids is 1. The first-order valence-electron chi connectivity index (χ1n) is 4.86. The summed E-state index contributed by atoms with van der Waals surface area (Å²) in [6.07, 6.45) is -0.705. The summed E-state index contributed by atoms with van der Waals surface area (Å²) in [4.78, 5) is 22.1. The summed E-state index contributed by atoms with van der Waals surface area (Å²) in [5.41, 5.74) is -0.621. The van der Waals surface area contributed by atoms with Crippen LogP contribution in [0.5, 0.6) is 0 Å². The van der Waals surface area contributed by atoms with Gasteiger partial charge < -0.3 is 15.2 Å². The van der Waals surface area contributed by atoms with Crippen molar-refractivity contribution in [2.45, 2.75) is 46.3 Å². The highest BCUT2D eigenvalue weighted by atomic mass is 16.6. The van der Waals surface area contributed by atoms with E-state index in [9.17, 15) is 9.59 Å². The molecule has 0 unspecified atom stereocenters. The quantitative estimate of drug-likeness (QED) is 0.706. The summed E-state index contributed by atoms with van der Waals surface area (Å²) in [6.45, 7) is 8.60. The minimum atomic E-state index is -1.06. The Hall–Kier alpha value is -1.26. The molecule has 0 rings (SSSR count). The average Bonchev–Trinajstić information content (AvgIpc) is 1.95. The fraction of sp³-hybridized carbons (Fsp3) is 0.800. The van der Waals surface area contributed by atoms with Crippen molar-refractivity contribution < 1.29 is 19.4 Å². The second kappa shape index (κ2) is 5.00. The average molecular weight is 218 g/mol. The van der Waals surface area contributed by atoms with Gasteiger partial charge in [-0.2, -0.15) is 0 Å². The van der Waals surface area contributed by atoms with Gasteiger partial charge in [0.25, 0.3) is 0 Å². The van der Waals surface area contributed by atoms with Gasteiger partial charge in [-0.25, -0.2) is 9.59 Å². The maximum Gasteiger partial charge on any atom is 0.408 e. The standard InChI is InChI=1S/C10H19NO4/c1-6(2)7(8(12)13)11-9(14)15-10(3,4)5/h6-7H,1-5H3,(H,11,14)(H,12,13)/t7-/m0/s1/i8+1. The van der Waals surface area contributed by atoms with Crippen LogP contribution in [0.15, 0.2) is 0 Å². The highest BCUT2D eigenvalue weighted by Crippen LogP contribution is 2.08. The highest BCUT2D eigenvalue weighted by Gasteiger charge is 2.26. The Labute approximate surface area is 89.8 Å². The molecule has 0 radical (unpaired) electrons. The molecule has 0 aromatic carbocycles. The fourth-order valence-electron chi connectivity index (χ4n) is 0.948. The molecule has 0 bridgehead atoms. The number of carboxylic acid groups (broad SMARTS) is 1. The number of alkyl carbamates (subject to hydrolysis) is 1. The molecule has 0 saturated heterocycles. The number of nitrogens with one attached hydrogen (secondary N) is 1. The van der Waals surface area contributed by atoms with Gasteiger partial charge in [0.1, 0.15) is 11.6 Å². The first kappa shape index (κ1) is 13.7. The van der Waals surface area contributed by atoms with E-state index >= 15 is 0 Å². The molecule has 2 N–H and O–H groups in total. The Kier molecular flexibility index (Phi) is 4.58.